The second-order valence-corrected chi connectivity index (χ2v) is 23.4. The number of carbonyl (C=O) groups excluding carboxylic acids is 3. The van der Waals surface area contributed by atoms with E-state index in [1.54, 1.807) is 11.8 Å². The van der Waals surface area contributed by atoms with Crippen molar-refractivity contribution in [3.8, 4) is 0 Å². The monoisotopic (exact) mass is 989 g/mol. The van der Waals surface area contributed by atoms with Gasteiger partial charge in [-0.3, -0.25) is 14.4 Å². The Bertz CT molecular complexity index is 1880. The van der Waals surface area contributed by atoms with Gasteiger partial charge in [0.1, 0.15) is 0 Å². The summed E-state index contributed by atoms with van der Waals surface area (Å²) in [5.41, 5.74) is 2.85. The lowest BCUT2D eigenvalue weighted by Gasteiger charge is -2.36. The van der Waals surface area contributed by atoms with Crippen LogP contribution in [0.2, 0.25) is 0 Å². The number of aliphatic hydroxyl groups excluding tert-OH is 1. The lowest BCUT2D eigenvalue weighted by molar-refractivity contribution is -0.120. The van der Waals surface area contributed by atoms with Crippen LogP contribution >= 0.6 is 11.8 Å². The van der Waals surface area contributed by atoms with Crippen molar-refractivity contribution in [2.24, 2.45) is 23.7 Å². The number of allylic oxidation sites excluding steroid dienone is 8. The standard InChI is InChI=1S/C18H32O2.C16H18OS.C14H26O2.C14H24O2/c1-4-5-6-7-8-9-10-13-18(3,20)16-12-11-15(2)17(19)14-16;1-11(2)13-9-15(17)12(3)16(10-13)18-14-7-5-4-6-8-14;2*1-4-5-6-9-14(3,16)12-8-7-11(2)13(15)10-12/h11,16,20H,4-10,12-14H2,1-3H3;4-8,13H,1,9-10H2,2-3H3;7,12-13,15-16H,4-6,8-10H2,1-3H3;7,12,16H,4-6,8-10H2,1-3H3/t16-,18?;13-;12-,13?,14?;12-,14?/m1011/s1. The molecule has 0 radical (unpaired) electrons. The second-order valence-electron chi connectivity index (χ2n) is 22.2. The summed E-state index contributed by atoms with van der Waals surface area (Å²) in [6, 6.07) is 10.2. The van der Waals surface area contributed by atoms with Crippen molar-refractivity contribution in [1.82, 2.24) is 0 Å². The molecule has 0 aromatic heterocycles. The van der Waals surface area contributed by atoms with Gasteiger partial charge in [0.25, 0.3) is 0 Å². The molecular weight excluding hydrogens is 889 g/mol. The molecule has 4 aliphatic carbocycles. The number of hydrogen-bond acceptors (Lipinski definition) is 8. The maximum absolute atomic E-state index is 12.0. The molecular formula is C62H100O7S. The molecule has 1 aromatic rings. The fourth-order valence-electron chi connectivity index (χ4n) is 9.87. The van der Waals surface area contributed by atoms with Gasteiger partial charge in [0.2, 0.25) is 0 Å². The van der Waals surface area contributed by atoms with Crippen LogP contribution in [0.5, 0.6) is 0 Å². The second kappa shape index (κ2) is 32.3. The molecule has 7 nitrogen and oxygen atoms in total. The zero-order chi connectivity index (χ0) is 52.5. The topological polar surface area (TPSA) is 132 Å². The van der Waals surface area contributed by atoms with E-state index in [9.17, 15) is 34.8 Å². The minimum atomic E-state index is -0.684. The quantitative estimate of drug-likeness (QED) is 0.0667. The van der Waals surface area contributed by atoms with Crippen LogP contribution in [-0.2, 0) is 14.4 Å². The first-order valence-electron chi connectivity index (χ1n) is 27.5. The Kier molecular flexibility index (Phi) is 29.2. The number of aliphatic hydroxyl groups is 4. The van der Waals surface area contributed by atoms with Crippen molar-refractivity contribution < 1.29 is 34.8 Å². The van der Waals surface area contributed by atoms with Crippen molar-refractivity contribution in [2.45, 2.75) is 258 Å². The summed E-state index contributed by atoms with van der Waals surface area (Å²) in [5, 5.41) is 41.2. The van der Waals surface area contributed by atoms with Crippen LogP contribution in [0, 0.1) is 23.7 Å². The Hall–Kier alpha value is -2.88. The summed E-state index contributed by atoms with van der Waals surface area (Å²) in [5.74, 6) is 1.43. The molecule has 0 saturated carbocycles. The van der Waals surface area contributed by atoms with Crippen molar-refractivity contribution in [3.05, 3.63) is 87.9 Å². The molecule has 0 spiro atoms. The van der Waals surface area contributed by atoms with E-state index in [4.69, 9.17) is 0 Å². The first-order valence-corrected chi connectivity index (χ1v) is 28.3. The Labute approximate surface area is 431 Å². The molecule has 4 aliphatic rings. The highest BCUT2D eigenvalue weighted by Crippen LogP contribution is 2.41. The van der Waals surface area contributed by atoms with Crippen LogP contribution in [0.15, 0.2) is 92.8 Å². The van der Waals surface area contributed by atoms with Gasteiger partial charge in [0.15, 0.2) is 17.3 Å². The van der Waals surface area contributed by atoms with Crippen molar-refractivity contribution in [1.29, 1.82) is 0 Å². The van der Waals surface area contributed by atoms with Gasteiger partial charge < -0.3 is 20.4 Å². The number of benzene rings is 1. The molecule has 0 aliphatic heterocycles. The molecule has 0 bridgehead atoms. The molecule has 396 valence electrons. The minimum Gasteiger partial charge on any atom is -0.390 e. The first kappa shape index (κ1) is 63.2. The van der Waals surface area contributed by atoms with Crippen LogP contribution < -0.4 is 0 Å². The van der Waals surface area contributed by atoms with E-state index in [1.807, 2.05) is 85.7 Å². The van der Waals surface area contributed by atoms with E-state index in [-0.39, 0.29) is 41.2 Å². The van der Waals surface area contributed by atoms with Crippen LogP contribution in [0.1, 0.15) is 230 Å². The lowest BCUT2D eigenvalue weighted by Crippen LogP contribution is -2.38. The normalized spacial score (nSPS) is 24.1. The zero-order valence-electron chi connectivity index (χ0n) is 46.1. The molecule has 0 heterocycles. The van der Waals surface area contributed by atoms with Crippen molar-refractivity contribution in [2.75, 3.05) is 0 Å². The Balaban J connectivity index is 0.000000321. The Morgan fingerprint density at radius 3 is 1.44 bits per heavy atom. The molecule has 0 saturated heterocycles. The number of unbranched alkanes of at least 4 members (excludes halogenated alkanes) is 10. The predicted octanol–water partition coefficient (Wildman–Crippen LogP) is 15.7. The summed E-state index contributed by atoms with van der Waals surface area (Å²) in [6.45, 7) is 26.0. The third kappa shape index (κ3) is 22.9. The van der Waals surface area contributed by atoms with Gasteiger partial charge >= 0.3 is 0 Å². The van der Waals surface area contributed by atoms with E-state index >= 15 is 0 Å². The van der Waals surface area contributed by atoms with E-state index in [2.05, 4.69) is 45.6 Å². The SMILES string of the molecule is C=C(C)[C@H]1CC(=O)C(C)=C(Sc2ccccc2)C1.CCCCCC(C)(O)[C@@H]1CC=C(C)C(=O)C1.CCCCCC(C)(O)[C@@H]1CC=C(C)C(O)C1.CCCCCCCCCC(C)(O)[C@@H]1CC=C(C)C(=O)C1. The van der Waals surface area contributed by atoms with Gasteiger partial charge in [-0.05, 0) is 164 Å². The third-order valence-corrected chi connectivity index (χ3v) is 17.0. The van der Waals surface area contributed by atoms with Gasteiger partial charge in [0, 0.05) is 29.7 Å². The molecule has 4 unspecified atom stereocenters. The van der Waals surface area contributed by atoms with E-state index < -0.39 is 16.8 Å². The molecule has 0 fully saturated rings. The molecule has 0 amide bonds. The maximum atomic E-state index is 12.0. The molecule has 1 aromatic carbocycles. The number of rotatable bonds is 22. The Morgan fingerprint density at radius 2 is 1.00 bits per heavy atom. The number of Topliss-reactive ketones (excluding diaryl/α,β-unsaturated/α-hetero) is 3. The molecule has 4 N–H and O–H groups in total. The number of thioether (sulfide) groups is 1. The summed E-state index contributed by atoms with van der Waals surface area (Å²) < 4.78 is 0. The maximum Gasteiger partial charge on any atom is 0.159 e. The van der Waals surface area contributed by atoms with Crippen LogP contribution in [0.25, 0.3) is 0 Å². The Morgan fingerprint density at radius 1 is 0.586 bits per heavy atom. The fraction of sp³-hybridized carbons (Fsp3) is 0.694. The summed E-state index contributed by atoms with van der Waals surface area (Å²) in [6.07, 6.45) is 29.8. The van der Waals surface area contributed by atoms with Gasteiger partial charge in [-0.2, -0.15) is 0 Å². The van der Waals surface area contributed by atoms with E-state index in [0.29, 0.717) is 31.6 Å². The van der Waals surface area contributed by atoms with Crippen LogP contribution in [0.3, 0.4) is 0 Å². The molecule has 8 heteroatoms. The van der Waals surface area contributed by atoms with Crippen LogP contribution in [0.4, 0.5) is 0 Å². The number of ketones is 3. The zero-order valence-corrected chi connectivity index (χ0v) is 46.9. The van der Waals surface area contributed by atoms with Crippen molar-refractivity contribution in [3.63, 3.8) is 0 Å². The first-order chi connectivity index (χ1) is 33.0. The van der Waals surface area contributed by atoms with Crippen molar-refractivity contribution >= 4 is 29.1 Å². The molecule has 70 heavy (non-hydrogen) atoms. The fourth-order valence-corrected chi connectivity index (χ4v) is 11.0. The highest BCUT2D eigenvalue weighted by Gasteiger charge is 2.37. The minimum absolute atomic E-state index is 0.110. The third-order valence-electron chi connectivity index (χ3n) is 15.8. The smallest absolute Gasteiger partial charge is 0.159 e. The lowest BCUT2D eigenvalue weighted by atomic mass is 9.75. The van der Waals surface area contributed by atoms with Gasteiger partial charge in [-0.25, -0.2) is 0 Å². The van der Waals surface area contributed by atoms with Gasteiger partial charge in [-0.1, -0.05) is 165 Å². The van der Waals surface area contributed by atoms with E-state index in [0.717, 1.165) is 98.5 Å². The molecule has 8 atom stereocenters. The predicted molar refractivity (Wildman–Crippen MR) is 296 cm³/mol. The summed E-state index contributed by atoms with van der Waals surface area (Å²) in [7, 11) is 0. The summed E-state index contributed by atoms with van der Waals surface area (Å²) >= 11 is 1.72. The van der Waals surface area contributed by atoms with Gasteiger partial charge in [-0.15, -0.1) is 0 Å². The largest absolute Gasteiger partial charge is 0.390 e. The van der Waals surface area contributed by atoms with Crippen LogP contribution in [-0.4, -0.2) is 60.7 Å². The number of hydrogen-bond donors (Lipinski definition) is 4. The number of carbonyl (C=O) groups is 3. The highest BCUT2D eigenvalue weighted by atomic mass is 32.2. The average molecular weight is 990 g/mol. The highest BCUT2D eigenvalue weighted by molar-refractivity contribution is 8.03. The van der Waals surface area contributed by atoms with Gasteiger partial charge in [0.05, 0.1) is 22.9 Å². The molecule has 5 rings (SSSR count). The summed E-state index contributed by atoms with van der Waals surface area (Å²) in [4.78, 5) is 37.7. The van der Waals surface area contributed by atoms with E-state index in [1.165, 1.54) is 67.6 Å². The average Bonchev–Trinajstić information content (AvgIpc) is 3.31.